The van der Waals surface area contributed by atoms with Crippen LogP contribution in [0.25, 0.3) is 22.1 Å². The van der Waals surface area contributed by atoms with Crippen molar-refractivity contribution in [3.05, 3.63) is 48.2 Å². The monoisotopic (exact) mass is 224 g/mol. The molecule has 0 atom stereocenters. The Kier molecular flexibility index (Phi) is 2.11. The van der Waals surface area contributed by atoms with E-state index < -0.39 is 0 Å². The second-order valence-electron chi connectivity index (χ2n) is 4.09. The molecule has 1 heterocycles. The van der Waals surface area contributed by atoms with E-state index in [4.69, 9.17) is 10.3 Å². The number of aromatic nitrogens is 1. The number of nitrogens with zero attached hydrogens (tertiary/aromatic N) is 1. The molecule has 0 fully saturated rings. The summed E-state index contributed by atoms with van der Waals surface area (Å²) in [6.07, 6.45) is 1.53. The molecule has 0 saturated carbocycles. The molecular weight excluding hydrogens is 212 g/mol. The summed E-state index contributed by atoms with van der Waals surface area (Å²) in [6, 6.07) is 12.3. The number of hydrogen-bond donors (Lipinski definition) is 1. The predicted molar refractivity (Wildman–Crippen MR) is 68.6 cm³/mol. The molecule has 0 amide bonds. The van der Waals surface area contributed by atoms with Gasteiger partial charge in [0.1, 0.15) is 5.69 Å². The number of fused-ring (bicyclic) bond motifs is 1. The van der Waals surface area contributed by atoms with E-state index in [-0.39, 0.29) is 0 Å². The number of rotatable bonds is 1. The summed E-state index contributed by atoms with van der Waals surface area (Å²) in [4.78, 5) is 0. The van der Waals surface area contributed by atoms with Gasteiger partial charge in [-0.25, -0.2) is 0 Å². The third-order valence-electron chi connectivity index (χ3n) is 2.98. The first-order valence-corrected chi connectivity index (χ1v) is 5.46. The number of nitrogens with two attached hydrogens (primary N) is 1. The average molecular weight is 224 g/mol. The molecule has 0 spiro atoms. The van der Waals surface area contributed by atoms with Gasteiger partial charge in [-0.15, -0.1) is 0 Å². The maximum absolute atomic E-state index is 5.85. The smallest absolute Gasteiger partial charge is 0.190 e. The lowest BCUT2D eigenvalue weighted by Gasteiger charge is -2.06. The molecule has 0 aliphatic carbocycles. The molecule has 0 bridgehead atoms. The minimum Gasteiger partial charge on any atom is -0.394 e. The lowest BCUT2D eigenvalue weighted by atomic mass is 9.98. The van der Waals surface area contributed by atoms with Crippen LogP contribution in [0, 0.1) is 6.92 Å². The summed E-state index contributed by atoms with van der Waals surface area (Å²) in [7, 11) is 0. The average Bonchev–Trinajstić information content (AvgIpc) is 2.77. The van der Waals surface area contributed by atoms with Gasteiger partial charge in [0.05, 0.1) is 6.20 Å². The number of aryl methyl sites for hydroxylation is 1. The highest BCUT2D eigenvalue weighted by atomic mass is 16.5. The summed E-state index contributed by atoms with van der Waals surface area (Å²) in [6.45, 7) is 2.09. The molecule has 0 aliphatic heterocycles. The van der Waals surface area contributed by atoms with Gasteiger partial charge in [0.2, 0.25) is 0 Å². The van der Waals surface area contributed by atoms with Crippen molar-refractivity contribution >= 4 is 16.5 Å². The summed E-state index contributed by atoms with van der Waals surface area (Å²) in [5, 5.41) is 6.07. The molecule has 0 radical (unpaired) electrons. The zero-order chi connectivity index (χ0) is 11.8. The fourth-order valence-electron chi connectivity index (χ4n) is 2.10. The summed E-state index contributed by atoms with van der Waals surface area (Å²) < 4.78 is 5.22. The van der Waals surface area contributed by atoms with Crippen LogP contribution in [0.4, 0.5) is 5.69 Å². The largest absolute Gasteiger partial charge is 0.394 e. The van der Waals surface area contributed by atoms with Crippen molar-refractivity contribution in [2.24, 2.45) is 0 Å². The Morgan fingerprint density at radius 3 is 2.53 bits per heavy atom. The van der Waals surface area contributed by atoms with Gasteiger partial charge in [-0.1, -0.05) is 41.6 Å². The summed E-state index contributed by atoms with van der Waals surface area (Å²) in [5.41, 5.74) is 8.64. The van der Waals surface area contributed by atoms with Gasteiger partial charge < -0.3 is 10.3 Å². The first-order valence-electron chi connectivity index (χ1n) is 5.46. The highest BCUT2D eigenvalue weighted by Crippen LogP contribution is 2.33. The molecule has 0 saturated heterocycles. The molecule has 2 N–H and O–H groups in total. The zero-order valence-electron chi connectivity index (χ0n) is 9.47. The molecule has 1 aromatic heterocycles. The van der Waals surface area contributed by atoms with Crippen molar-refractivity contribution in [1.29, 1.82) is 0 Å². The lowest BCUT2D eigenvalue weighted by molar-refractivity contribution is 0.433. The van der Waals surface area contributed by atoms with Gasteiger partial charge in [-0.3, -0.25) is 0 Å². The van der Waals surface area contributed by atoms with Crippen molar-refractivity contribution in [3.63, 3.8) is 0 Å². The molecule has 3 rings (SSSR count). The minimum atomic E-state index is 0.569. The van der Waals surface area contributed by atoms with E-state index in [0.717, 1.165) is 10.9 Å². The van der Waals surface area contributed by atoms with Gasteiger partial charge in [-0.05, 0) is 23.3 Å². The Bertz CT molecular complexity index is 686. The molecule has 0 aliphatic rings. The van der Waals surface area contributed by atoms with Crippen LogP contribution < -0.4 is 5.73 Å². The van der Waals surface area contributed by atoms with Crippen molar-refractivity contribution < 1.29 is 4.52 Å². The molecule has 2 aromatic carbocycles. The zero-order valence-corrected chi connectivity index (χ0v) is 9.47. The Morgan fingerprint density at radius 2 is 1.82 bits per heavy atom. The number of anilines is 1. The van der Waals surface area contributed by atoms with Crippen LogP contribution in [0.3, 0.4) is 0 Å². The predicted octanol–water partition coefficient (Wildman–Crippen LogP) is 3.39. The van der Waals surface area contributed by atoms with Crippen molar-refractivity contribution in [1.82, 2.24) is 5.16 Å². The van der Waals surface area contributed by atoms with E-state index in [2.05, 4.69) is 30.3 Å². The molecule has 3 heteroatoms. The second-order valence-corrected chi connectivity index (χ2v) is 4.09. The van der Waals surface area contributed by atoms with Gasteiger partial charge in [-0.2, -0.15) is 0 Å². The second kappa shape index (κ2) is 3.63. The van der Waals surface area contributed by atoms with Crippen LogP contribution in [-0.4, -0.2) is 5.16 Å². The number of hydrogen-bond acceptors (Lipinski definition) is 3. The third kappa shape index (κ3) is 1.47. The Labute approximate surface area is 98.8 Å². The standard InChI is InChI=1S/C14H12N2O/c1-9-6-7-12(14-13(15)8-16-17-14)11-5-3-2-4-10(9)11/h2-8H,15H2,1H3. The Morgan fingerprint density at radius 1 is 1.06 bits per heavy atom. The van der Waals surface area contributed by atoms with Crippen LogP contribution in [0.1, 0.15) is 5.56 Å². The highest BCUT2D eigenvalue weighted by Gasteiger charge is 2.11. The van der Waals surface area contributed by atoms with Crippen molar-refractivity contribution in [3.8, 4) is 11.3 Å². The van der Waals surface area contributed by atoms with E-state index in [0.29, 0.717) is 11.4 Å². The van der Waals surface area contributed by atoms with E-state index >= 15 is 0 Å². The topological polar surface area (TPSA) is 52.0 Å². The van der Waals surface area contributed by atoms with Crippen molar-refractivity contribution in [2.45, 2.75) is 6.92 Å². The molecule has 84 valence electrons. The molecule has 17 heavy (non-hydrogen) atoms. The molecule has 0 unspecified atom stereocenters. The fraction of sp³-hybridized carbons (Fsp3) is 0.0714. The van der Waals surface area contributed by atoms with Gasteiger partial charge in [0.25, 0.3) is 0 Å². The molecule has 3 aromatic rings. The Balaban J connectivity index is 2.39. The van der Waals surface area contributed by atoms with E-state index in [1.807, 2.05) is 18.2 Å². The van der Waals surface area contributed by atoms with E-state index in [9.17, 15) is 0 Å². The minimum absolute atomic E-state index is 0.569. The van der Waals surface area contributed by atoms with E-state index in [1.54, 1.807) is 0 Å². The van der Waals surface area contributed by atoms with Crippen LogP contribution in [-0.2, 0) is 0 Å². The van der Waals surface area contributed by atoms with E-state index in [1.165, 1.54) is 17.1 Å². The SMILES string of the molecule is Cc1ccc(-c2oncc2N)c2ccccc12. The van der Waals surface area contributed by atoms with Crippen LogP contribution in [0.5, 0.6) is 0 Å². The normalized spacial score (nSPS) is 10.9. The fourth-order valence-corrected chi connectivity index (χ4v) is 2.10. The maximum atomic E-state index is 5.85. The Hall–Kier alpha value is -2.29. The lowest BCUT2D eigenvalue weighted by Crippen LogP contribution is -1.87. The highest BCUT2D eigenvalue weighted by molar-refractivity contribution is 5.99. The van der Waals surface area contributed by atoms with Crippen LogP contribution in [0.2, 0.25) is 0 Å². The molecule has 3 nitrogen and oxygen atoms in total. The van der Waals surface area contributed by atoms with Crippen LogP contribution >= 0.6 is 0 Å². The van der Waals surface area contributed by atoms with Gasteiger partial charge >= 0.3 is 0 Å². The summed E-state index contributed by atoms with van der Waals surface area (Å²) >= 11 is 0. The first-order chi connectivity index (χ1) is 8.27. The maximum Gasteiger partial charge on any atom is 0.190 e. The van der Waals surface area contributed by atoms with Gasteiger partial charge in [0, 0.05) is 5.56 Å². The van der Waals surface area contributed by atoms with Gasteiger partial charge in [0.15, 0.2) is 5.76 Å². The third-order valence-corrected chi connectivity index (χ3v) is 2.98. The first kappa shape index (κ1) is 9.90. The summed E-state index contributed by atoms with van der Waals surface area (Å²) in [5.74, 6) is 0.640. The van der Waals surface area contributed by atoms with Crippen LogP contribution in [0.15, 0.2) is 47.1 Å². The quantitative estimate of drug-likeness (QED) is 0.689. The van der Waals surface area contributed by atoms with Crippen molar-refractivity contribution in [2.75, 3.05) is 5.73 Å². The molecular formula is C14H12N2O. The number of nitrogen functional groups attached to an aromatic ring is 1. The number of benzene rings is 2.